The molecule has 0 spiro atoms. The van der Waals surface area contributed by atoms with Crippen molar-refractivity contribution in [1.82, 2.24) is 14.9 Å². The largest absolute Gasteiger partial charge is 0.379 e. The summed E-state index contributed by atoms with van der Waals surface area (Å²) in [5.74, 6) is 0.745. The Balaban J connectivity index is 1.62. The number of benzene rings is 1. The summed E-state index contributed by atoms with van der Waals surface area (Å²) in [6, 6.07) is 7.76. The number of carbonyl (C=O) groups excluding carboxylic acids is 1. The number of nitrogens with one attached hydrogen (secondary N) is 2. The zero-order chi connectivity index (χ0) is 19.9. The highest BCUT2D eigenvalue weighted by atomic mass is 16.5. The third-order valence-corrected chi connectivity index (χ3v) is 4.90. The van der Waals surface area contributed by atoms with Gasteiger partial charge in [0.2, 0.25) is 0 Å². The second-order valence-corrected chi connectivity index (χ2v) is 7.32. The minimum atomic E-state index is -0.227. The van der Waals surface area contributed by atoms with E-state index in [2.05, 4.69) is 39.3 Å². The second kappa shape index (κ2) is 9.61. The minimum absolute atomic E-state index is 0.227. The highest BCUT2D eigenvalue weighted by molar-refractivity contribution is 6.04. The number of anilines is 2. The van der Waals surface area contributed by atoms with Gasteiger partial charge < -0.3 is 15.4 Å². The van der Waals surface area contributed by atoms with Crippen LogP contribution in [0.25, 0.3) is 0 Å². The third-order valence-electron chi connectivity index (χ3n) is 4.90. The van der Waals surface area contributed by atoms with E-state index in [0.717, 1.165) is 56.2 Å². The molecule has 0 unspecified atom stereocenters. The normalized spacial score (nSPS) is 14.9. The SMILES string of the molecule is Cc1cccc(C(C)C)c1NC(=O)c1cc(NCCN2CCOCC2)ncn1. The number of carbonyl (C=O) groups is 1. The van der Waals surface area contributed by atoms with Gasteiger partial charge in [0.1, 0.15) is 17.8 Å². The highest BCUT2D eigenvalue weighted by Crippen LogP contribution is 2.27. The van der Waals surface area contributed by atoms with Crippen LogP contribution in [-0.2, 0) is 4.74 Å². The molecule has 1 aromatic carbocycles. The van der Waals surface area contributed by atoms with Gasteiger partial charge in [0.25, 0.3) is 5.91 Å². The first-order valence-corrected chi connectivity index (χ1v) is 9.81. The summed E-state index contributed by atoms with van der Waals surface area (Å²) in [7, 11) is 0. The number of amides is 1. The Kier molecular flexibility index (Phi) is 6.95. The van der Waals surface area contributed by atoms with Crippen LogP contribution < -0.4 is 10.6 Å². The van der Waals surface area contributed by atoms with Crippen molar-refractivity contribution >= 4 is 17.4 Å². The van der Waals surface area contributed by atoms with Crippen molar-refractivity contribution in [1.29, 1.82) is 0 Å². The van der Waals surface area contributed by atoms with Crippen LogP contribution in [0.2, 0.25) is 0 Å². The third kappa shape index (κ3) is 5.27. The van der Waals surface area contributed by atoms with Crippen molar-refractivity contribution in [3.05, 3.63) is 47.4 Å². The molecule has 2 heterocycles. The smallest absolute Gasteiger partial charge is 0.274 e. The molecule has 1 amide bonds. The lowest BCUT2D eigenvalue weighted by Crippen LogP contribution is -2.39. The lowest BCUT2D eigenvalue weighted by atomic mass is 9.98. The van der Waals surface area contributed by atoms with E-state index in [0.29, 0.717) is 17.4 Å². The average Bonchev–Trinajstić information content (AvgIpc) is 2.70. The summed E-state index contributed by atoms with van der Waals surface area (Å²) in [6.07, 6.45) is 1.42. The van der Waals surface area contributed by atoms with Crippen molar-refractivity contribution in [2.45, 2.75) is 26.7 Å². The number of aromatic nitrogens is 2. The van der Waals surface area contributed by atoms with Gasteiger partial charge in [-0.2, -0.15) is 0 Å². The predicted molar refractivity (Wildman–Crippen MR) is 111 cm³/mol. The maximum Gasteiger partial charge on any atom is 0.274 e. The maximum atomic E-state index is 12.8. The van der Waals surface area contributed by atoms with E-state index in [1.807, 2.05) is 25.1 Å². The molecule has 1 aliphatic rings. The van der Waals surface area contributed by atoms with Crippen LogP contribution in [0.4, 0.5) is 11.5 Å². The molecule has 3 rings (SSSR count). The van der Waals surface area contributed by atoms with Crippen LogP contribution in [0.15, 0.2) is 30.6 Å². The number of nitrogens with zero attached hydrogens (tertiary/aromatic N) is 3. The Bertz CT molecular complexity index is 803. The molecule has 0 bridgehead atoms. The Morgan fingerprint density at radius 3 is 2.79 bits per heavy atom. The van der Waals surface area contributed by atoms with Crippen LogP contribution in [0, 0.1) is 6.92 Å². The molecule has 0 atom stereocenters. The number of ether oxygens (including phenoxy) is 1. The van der Waals surface area contributed by atoms with Gasteiger partial charge in [-0.15, -0.1) is 0 Å². The molecule has 150 valence electrons. The van der Waals surface area contributed by atoms with Crippen LogP contribution in [0.5, 0.6) is 0 Å². The summed E-state index contributed by atoms with van der Waals surface area (Å²) in [6.45, 7) is 11.4. The fraction of sp³-hybridized carbons (Fsp3) is 0.476. The van der Waals surface area contributed by atoms with E-state index < -0.39 is 0 Å². The van der Waals surface area contributed by atoms with Gasteiger partial charge in [-0.05, 0) is 24.0 Å². The molecule has 0 radical (unpaired) electrons. The van der Waals surface area contributed by atoms with Crippen molar-refractivity contribution in [2.24, 2.45) is 0 Å². The van der Waals surface area contributed by atoms with Crippen LogP contribution in [0.3, 0.4) is 0 Å². The van der Waals surface area contributed by atoms with Crippen LogP contribution >= 0.6 is 0 Å². The second-order valence-electron chi connectivity index (χ2n) is 7.32. The maximum absolute atomic E-state index is 12.8. The first-order chi connectivity index (χ1) is 13.5. The van der Waals surface area contributed by atoms with Crippen molar-refractivity contribution in [3.8, 4) is 0 Å². The Labute approximate surface area is 166 Å². The first-order valence-electron chi connectivity index (χ1n) is 9.81. The highest BCUT2D eigenvalue weighted by Gasteiger charge is 2.15. The molecule has 1 aromatic heterocycles. The predicted octanol–water partition coefficient (Wildman–Crippen LogP) is 2.90. The van der Waals surface area contributed by atoms with Gasteiger partial charge in [0.05, 0.1) is 13.2 Å². The Hall–Kier alpha value is -2.51. The summed E-state index contributed by atoms with van der Waals surface area (Å²) in [4.78, 5) is 23.5. The van der Waals surface area contributed by atoms with Crippen molar-refractivity contribution < 1.29 is 9.53 Å². The van der Waals surface area contributed by atoms with Gasteiger partial charge in [-0.3, -0.25) is 9.69 Å². The Morgan fingerprint density at radius 2 is 2.04 bits per heavy atom. The molecule has 0 saturated carbocycles. The van der Waals surface area contributed by atoms with E-state index in [-0.39, 0.29) is 5.91 Å². The zero-order valence-corrected chi connectivity index (χ0v) is 16.9. The molecule has 7 heteroatoms. The average molecular weight is 383 g/mol. The molecule has 1 fully saturated rings. The number of hydrogen-bond donors (Lipinski definition) is 2. The van der Waals surface area contributed by atoms with E-state index in [1.165, 1.54) is 6.33 Å². The monoisotopic (exact) mass is 383 g/mol. The van der Waals surface area contributed by atoms with E-state index in [1.54, 1.807) is 6.07 Å². The molecular formula is C21H29N5O2. The quantitative estimate of drug-likeness (QED) is 0.765. The summed E-state index contributed by atoms with van der Waals surface area (Å²) >= 11 is 0. The summed E-state index contributed by atoms with van der Waals surface area (Å²) in [5, 5.41) is 6.31. The van der Waals surface area contributed by atoms with Crippen molar-refractivity contribution in [3.63, 3.8) is 0 Å². The van der Waals surface area contributed by atoms with Crippen LogP contribution in [-0.4, -0.2) is 60.2 Å². The fourth-order valence-electron chi connectivity index (χ4n) is 3.26. The topological polar surface area (TPSA) is 79.4 Å². The molecule has 1 saturated heterocycles. The van der Waals surface area contributed by atoms with Crippen LogP contribution in [0.1, 0.15) is 41.4 Å². The van der Waals surface area contributed by atoms with Gasteiger partial charge in [0, 0.05) is 37.9 Å². The molecule has 0 aliphatic carbocycles. The lowest BCUT2D eigenvalue weighted by Gasteiger charge is -2.26. The lowest BCUT2D eigenvalue weighted by molar-refractivity contribution is 0.0398. The molecule has 7 nitrogen and oxygen atoms in total. The number of rotatable bonds is 7. The molecular weight excluding hydrogens is 354 g/mol. The first kappa shape index (κ1) is 20.2. The van der Waals surface area contributed by atoms with E-state index >= 15 is 0 Å². The van der Waals surface area contributed by atoms with Gasteiger partial charge in [-0.1, -0.05) is 32.0 Å². The molecule has 2 aromatic rings. The van der Waals surface area contributed by atoms with Crippen molar-refractivity contribution in [2.75, 3.05) is 50.0 Å². The number of para-hydroxylation sites is 1. The van der Waals surface area contributed by atoms with Gasteiger partial charge in [0.15, 0.2) is 0 Å². The standard InChI is InChI=1S/C21H29N5O2/c1-15(2)17-6-4-5-16(3)20(17)25-21(27)18-13-19(24-14-23-18)22-7-8-26-9-11-28-12-10-26/h4-6,13-15H,7-12H2,1-3H3,(H,25,27)(H,22,23,24). The molecule has 2 N–H and O–H groups in total. The molecule has 28 heavy (non-hydrogen) atoms. The minimum Gasteiger partial charge on any atom is -0.379 e. The van der Waals surface area contributed by atoms with E-state index in [9.17, 15) is 4.79 Å². The van der Waals surface area contributed by atoms with Gasteiger partial charge >= 0.3 is 0 Å². The zero-order valence-electron chi connectivity index (χ0n) is 16.9. The molecule has 1 aliphatic heterocycles. The number of morpholine rings is 1. The fourth-order valence-corrected chi connectivity index (χ4v) is 3.26. The van der Waals surface area contributed by atoms with Gasteiger partial charge in [-0.25, -0.2) is 9.97 Å². The number of hydrogen-bond acceptors (Lipinski definition) is 6. The Morgan fingerprint density at radius 1 is 1.25 bits per heavy atom. The summed E-state index contributed by atoms with van der Waals surface area (Å²) in [5.41, 5.74) is 3.37. The van der Waals surface area contributed by atoms with E-state index in [4.69, 9.17) is 4.74 Å². The number of aryl methyl sites for hydroxylation is 1. The summed E-state index contributed by atoms with van der Waals surface area (Å²) < 4.78 is 5.36.